The molecule has 0 bridgehead atoms. The van der Waals surface area contributed by atoms with Gasteiger partial charge in [0.1, 0.15) is 0 Å². The number of halogens is 1. The van der Waals surface area contributed by atoms with Gasteiger partial charge in [-0.3, -0.25) is 0 Å². The molecule has 4 nitrogen and oxygen atoms in total. The lowest BCUT2D eigenvalue weighted by molar-refractivity contribution is 0.803. The van der Waals surface area contributed by atoms with Gasteiger partial charge < -0.3 is 5.32 Å². The Labute approximate surface area is 128 Å². The number of hydrogen-bond acceptors (Lipinski definition) is 3. The molecule has 106 valence electrons. The van der Waals surface area contributed by atoms with E-state index < -0.39 is 0 Å². The highest BCUT2D eigenvalue weighted by Gasteiger charge is 2.05. The Balaban J connectivity index is 1.81. The van der Waals surface area contributed by atoms with Crippen molar-refractivity contribution in [3.8, 4) is 5.69 Å². The van der Waals surface area contributed by atoms with Crippen LogP contribution in [0.4, 0.5) is 5.69 Å². The van der Waals surface area contributed by atoms with E-state index >= 15 is 0 Å². The predicted octanol–water partition coefficient (Wildman–Crippen LogP) is 3.84. The van der Waals surface area contributed by atoms with Gasteiger partial charge in [0.2, 0.25) is 0 Å². The molecule has 0 spiro atoms. The van der Waals surface area contributed by atoms with E-state index in [2.05, 4.69) is 21.7 Å². The van der Waals surface area contributed by atoms with Gasteiger partial charge in [-0.15, -0.1) is 5.10 Å². The number of rotatable bonds is 4. The van der Waals surface area contributed by atoms with Crippen LogP contribution in [0.1, 0.15) is 11.1 Å². The summed E-state index contributed by atoms with van der Waals surface area (Å²) in [6.07, 6.45) is 3.49. The van der Waals surface area contributed by atoms with Crippen molar-refractivity contribution in [2.75, 3.05) is 5.32 Å². The molecule has 0 fully saturated rings. The highest BCUT2D eigenvalue weighted by atomic mass is 35.5. The second kappa shape index (κ2) is 5.97. The van der Waals surface area contributed by atoms with Gasteiger partial charge in [-0.25, -0.2) is 4.68 Å². The van der Waals surface area contributed by atoms with Crippen molar-refractivity contribution in [2.45, 2.75) is 13.5 Å². The fourth-order valence-corrected chi connectivity index (χ4v) is 2.31. The van der Waals surface area contributed by atoms with Crippen LogP contribution in [-0.4, -0.2) is 15.0 Å². The zero-order valence-electron chi connectivity index (χ0n) is 11.6. The maximum Gasteiger partial charge on any atom is 0.0894 e. The van der Waals surface area contributed by atoms with Crippen LogP contribution in [0, 0.1) is 6.92 Å². The molecule has 0 saturated carbocycles. The molecule has 0 aliphatic rings. The number of aromatic nitrogens is 3. The van der Waals surface area contributed by atoms with Crippen LogP contribution >= 0.6 is 11.6 Å². The molecule has 1 heterocycles. The Kier molecular flexibility index (Phi) is 3.88. The first-order valence-electron chi connectivity index (χ1n) is 6.68. The monoisotopic (exact) mass is 298 g/mol. The SMILES string of the molecule is Cc1ccc(CNc2ccccc2-n2ccnn2)cc1Cl. The van der Waals surface area contributed by atoms with E-state index in [1.807, 2.05) is 49.5 Å². The molecule has 0 atom stereocenters. The maximum absolute atomic E-state index is 6.16. The van der Waals surface area contributed by atoms with E-state index in [-0.39, 0.29) is 0 Å². The van der Waals surface area contributed by atoms with Gasteiger partial charge >= 0.3 is 0 Å². The number of nitrogens with zero attached hydrogens (tertiary/aromatic N) is 3. The molecule has 0 radical (unpaired) electrons. The van der Waals surface area contributed by atoms with E-state index in [0.29, 0.717) is 6.54 Å². The molecule has 0 aliphatic heterocycles. The number of nitrogens with one attached hydrogen (secondary N) is 1. The predicted molar refractivity (Wildman–Crippen MR) is 84.9 cm³/mol. The topological polar surface area (TPSA) is 42.7 Å². The summed E-state index contributed by atoms with van der Waals surface area (Å²) in [6.45, 7) is 2.70. The first-order valence-corrected chi connectivity index (χ1v) is 7.06. The van der Waals surface area contributed by atoms with E-state index in [1.54, 1.807) is 10.9 Å². The maximum atomic E-state index is 6.16. The van der Waals surface area contributed by atoms with Gasteiger partial charge in [0.25, 0.3) is 0 Å². The molecule has 0 saturated heterocycles. The van der Waals surface area contributed by atoms with Crippen LogP contribution in [0.3, 0.4) is 0 Å². The minimum absolute atomic E-state index is 0.700. The van der Waals surface area contributed by atoms with Crippen LogP contribution in [0.15, 0.2) is 54.9 Å². The van der Waals surface area contributed by atoms with E-state index in [1.165, 1.54) is 0 Å². The van der Waals surface area contributed by atoms with Crippen LogP contribution in [-0.2, 0) is 6.54 Å². The van der Waals surface area contributed by atoms with Crippen LogP contribution in [0.5, 0.6) is 0 Å². The lowest BCUT2D eigenvalue weighted by Crippen LogP contribution is -2.05. The highest BCUT2D eigenvalue weighted by molar-refractivity contribution is 6.31. The number of anilines is 1. The zero-order chi connectivity index (χ0) is 14.7. The van der Waals surface area contributed by atoms with Crippen LogP contribution in [0.25, 0.3) is 5.69 Å². The lowest BCUT2D eigenvalue weighted by atomic mass is 10.1. The van der Waals surface area contributed by atoms with Crippen molar-refractivity contribution in [2.24, 2.45) is 0 Å². The second-order valence-corrected chi connectivity index (χ2v) is 5.21. The normalized spacial score (nSPS) is 10.6. The molecule has 2 aromatic carbocycles. The van der Waals surface area contributed by atoms with Crippen molar-refractivity contribution in [1.82, 2.24) is 15.0 Å². The van der Waals surface area contributed by atoms with E-state index in [0.717, 1.165) is 27.5 Å². The number of hydrogen-bond donors (Lipinski definition) is 1. The summed E-state index contributed by atoms with van der Waals surface area (Å²) < 4.78 is 1.74. The van der Waals surface area contributed by atoms with Gasteiger partial charge in [-0.2, -0.15) is 0 Å². The third-order valence-electron chi connectivity index (χ3n) is 3.29. The fourth-order valence-electron chi connectivity index (χ4n) is 2.10. The number of aryl methyl sites for hydroxylation is 1. The molecule has 21 heavy (non-hydrogen) atoms. The van der Waals surface area contributed by atoms with Crippen molar-refractivity contribution >= 4 is 17.3 Å². The van der Waals surface area contributed by atoms with Gasteiger partial charge in [0.15, 0.2) is 0 Å². The fraction of sp³-hybridized carbons (Fsp3) is 0.125. The third-order valence-corrected chi connectivity index (χ3v) is 3.70. The van der Waals surface area contributed by atoms with Gasteiger partial charge in [-0.1, -0.05) is 41.1 Å². The second-order valence-electron chi connectivity index (χ2n) is 4.80. The summed E-state index contributed by atoms with van der Waals surface area (Å²) in [4.78, 5) is 0. The minimum atomic E-state index is 0.700. The van der Waals surface area contributed by atoms with Crippen molar-refractivity contribution in [3.63, 3.8) is 0 Å². The van der Waals surface area contributed by atoms with Crippen molar-refractivity contribution in [3.05, 3.63) is 71.0 Å². The van der Waals surface area contributed by atoms with Crippen molar-refractivity contribution < 1.29 is 0 Å². The molecule has 1 aromatic heterocycles. The third kappa shape index (κ3) is 3.06. The Morgan fingerprint density at radius 1 is 1.19 bits per heavy atom. The molecular formula is C16H15ClN4. The van der Waals surface area contributed by atoms with Gasteiger partial charge in [0.05, 0.1) is 23.8 Å². The first kappa shape index (κ1) is 13.6. The van der Waals surface area contributed by atoms with Crippen LogP contribution < -0.4 is 5.32 Å². The van der Waals surface area contributed by atoms with E-state index in [4.69, 9.17) is 11.6 Å². The molecule has 1 N–H and O–H groups in total. The Morgan fingerprint density at radius 2 is 2.05 bits per heavy atom. The Hall–Kier alpha value is -2.33. The highest BCUT2D eigenvalue weighted by Crippen LogP contribution is 2.21. The van der Waals surface area contributed by atoms with Gasteiger partial charge in [0, 0.05) is 11.6 Å². The van der Waals surface area contributed by atoms with Crippen LogP contribution in [0.2, 0.25) is 5.02 Å². The lowest BCUT2D eigenvalue weighted by Gasteiger charge is -2.12. The minimum Gasteiger partial charge on any atom is -0.379 e. The average Bonchev–Trinajstić information content (AvgIpc) is 3.03. The molecule has 0 amide bonds. The Bertz CT molecular complexity index is 738. The average molecular weight is 299 g/mol. The standard InChI is InChI=1S/C16H15ClN4/c1-12-6-7-13(10-14(12)17)11-18-15-4-2-3-5-16(15)21-9-8-19-20-21/h2-10,18H,11H2,1H3. The molecule has 5 heteroatoms. The summed E-state index contributed by atoms with van der Waals surface area (Å²) in [6, 6.07) is 14.1. The molecule has 0 aliphatic carbocycles. The molecule has 0 unspecified atom stereocenters. The van der Waals surface area contributed by atoms with Gasteiger partial charge in [-0.05, 0) is 36.2 Å². The summed E-state index contributed by atoms with van der Waals surface area (Å²) in [5.41, 5.74) is 4.19. The summed E-state index contributed by atoms with van der Waals surface area (Å²) in [5, 5.41) is 12.1. The Morgan fingerprint density at radius 3 is 2.81 bits per heavy atom. The molecular weight excluding hydrogens is 284 g/mol. The summed E-state index contributed by atoms with van der Waals surface area (Å²) >= 11 is 6.16. The zero-order valence-corrected chi connectivity index (χ0v) is 12.4. The quantitative estimate of drug-likeness (QED) is 0.796. The summed E-state index contributed by atoms with van der Waals surface area (Å²) in [7, 11) is 0. The number of benzene rings is 2. The van der Waals surface area contributed by atoms with Crippen molar-refractivity contribution in [1.29, 1.82) is 0 Å². The largest absolute Gasteiger partial charge is 0.379 e. The molecule has 3 rings (SSSR count). The number of para-hydroxylation sites is 2. The molecule has 3 aromatic rings. The smallest absolute Gasteiger partial charge is 0.0894 e. The van der Waals surface area contributed by atoms with E-state index in [9.17, 15) is 0 Å². The summed E-state index contributed by atoms with van der Waals surface area (Å²) in [5.74, 6) is 0. The first-order chi connectivity index (χ1) is 10.2.